The number of carbonyl (C=O) groups is 2. The van der Waals surface area contributed by atoms with Gasteiger partial charge in [-0.25, -0.2) is 0 Å². The van der Waals surface area contributed by atoms with Gasteiger partial charge in [-0.05, 0) is 12.1 Å². The monoisotopic (exact) mass is 208 g/mol. The van der Waals surface area contributed by atoms with Gasteiger partial charge in [0.25, 0.3) is 5.91 Å². The highest BCUT2D eigenvalue weighted by Crippen LogP contribution is 1.95. The summed E-state index contributed by atoms with van der Waals surface area (Å²) in [6, 6.07) is 4.97. The number of carboxylic acids is 1. The third kappa shape index (κ3) is 3.38. The molecule has 1 rings (SSSR count). The maximum Gasteiger partial charge on any atom is 0.308 e. The van der Waals surface area contributed by atoms with Gasteiger partial charge < -0.3 is 10.4 Å². The predicted molar refractivity (Wildman–Crippen MR) is 53.4 cm³/mol. The second kappa shape index (κ2) is 5.09. The average Bonchev–Trinajstić information content (AvgIpc) is 2.26. The third-order valence-electron chi connectivity index (χ3n) is 1.89. The van der Waals surface area contributed by atoms with Crippen molar-refractivity contribution in [3.8, 4) is 0 Å². The van der Waals surface area contributed by atoms with Crippen molar-refractivity contribution in [1.82, 2.24) is 10.3 Å². The molecule has 0 aromatic carbocycles. The van der Waals surface area contributed by atoms with E-state index in [2.05, 4.69) is 10.3 Å². The summed E-state index contributed by atoms with van der Waals surface area (Å²) in [6.07, 6.45) is 1.51. The van der Waals surface area contributed by atoms with Crippen LogP contribution >= 0.6 is 0 Å². The Labute approximate surface area is 87.1 Å². The van der Waals surface area contributed by atoms with Crippen LogP contribution in [0.2, 0.25) is 0 Å². The molecule has 0 saturated carbocycles. The van der Waals surface area contributed by atoms with E-state index >= 15 is 0 Å². The van der Waals surface area contributed by atoms with Gasteiger partial charge in [-0.1, -0.05) is 13.0 Å². The number of hydrogen-bond donors (Lipinski definition) is 2. The molecule has 1 atom stereocenters. The van der Waals surface area contributed by atoms with Gasteiger partial charge in [0.1, 0.15) is 5.69 Å². The quantitative estimate of drug-likeness (QED) is 0.756. The van der Waals surface area contributed by atoms with E-state index in [1.54, 1.807) is 18.2 Å². The first-order chi connectivity index (χ1) is 7.11. The van der Waals surface area contributed by atoms with Crippen molar-refractivity contribution >= 4 is 11.9 Å². The molecular formula is C10H12N2O3. The largest absolute Gasteiger partial charge is 0.481 e. The van der Waals surface area contributed by atoms with Crippen molar-refractivity contribution in [1.29, 1.82) is 0 Å². The van der Waals surface area contributed by atoms with Crippen LogP contribution < -0.4 is 5.32 Å². The molecule has 2 N–H and O–H groups in total. The van der Waals surface area contributed by atoms with Crippen molar-refractivity contribution in [2.75, 3.05) is 6.54 Å². The minimum absolute atomic E-state index is 0.102. The number of aliphatic carboxylic acids is 1. The number of hydrogen-bond acceptors (Lipinski definition) is 3. The Kier molecular flexibility index (Phi) is 3.79. The number of amides is 1. The smallest absolute Gasteiger partial charge is 0.308 e. The van der Waals surface area contributed by atoms with E-state index in [-0.39, 0.29) is 18.1 Å². The maximum atomic E-state index is 11.4. The highest BCUT2D eigenvalue weighted by molar-refractivity contribution is 5.92. The highest BCUT2D eigenvalue weighted by Gasteiger charge is 2.13. The number of nitrogens with zero attached hydrogens (tertiary/aromatic N) is 1. The van der Waals surface area contributed by atoms with E-state index in [0.717, 1.165) is 0 Å². The first-order valence-corrected chi connectivity index (χ1v) is 4.53. The van der Waals surface area contributed by atoms with E-state index in [1.165, 1.54) is 13.1 Å². The summed E-state index contributed by atoms with van der Waals surface area (Å²) < 4.78 is 0. The molecular weight excluding hydrogens is 196 g/mol. The second-order valence-corrected chi connectivity index (χ2v) is 3.16. The van der Waals surface area contributed by atoms with Gasteiger partial charge in [-0.2, -0.15) is 0 Å². The van der Waals surface area contributed by atoms with Gasteiger partial charge in [0.05, 0.1) is 5.92 Å². The molecule has 0 radical (unpaired) electrons. The molecule has 0 bridgehead atoms. The van der Waals surface area contributed by atoms with Crippen LogP contribution in [0.4, 0.5) is 0 Å². The zero-order valence-electron chi connectivity index (χ0n) is 8.30. The first kappa shape index (κ1) is 11.2. The predicted octanol–water partition coefficient (Wildman–Crippen LogP) is 0.532. The summed E-state index contributed by atoms with van der Waals surface area (Å²) in [5.74, 6) is -1.89. The SMILES string of the molecule is CC(CNC(=O)c1ccccn1)C(=O)O. The first-order valence-electron chi connectivity index (χ1n) is 4.53. The Morgan fingerprint density at radius 3 is 2.80 bits per heavy atom. The summed E-state index contributed by atoms with van der Waals surface area (Å²) in [4.78, 5) is 25.7. The molecule has 1 amide bonds. The lowest BCUT2D eigenvalue weighted by atomic mass is 10.2. The molecule has 1 unspecified atom stereocenters. The molecule has 1 heterocycles. The van der Waals surface area contributed by atoms with Gasteiger partial charge in [0.15, 0.2) is 0 Å². The minimum Gasteiger partial charge on any atom is -0.481 e. The van der Waals surface area contributed by atoms with Crippen molar-refractivity contribution < 1.29 is 14.7 Å². The Hall–Kier alpha value is -1.91. The summed E-state index contributed by atoms with van der Waals surface area (Å²) >= 11 is 0. The molecule has 0 saturated heterocycles. The van der Waals surface area contributed by atoms with E-state index in [4.69, 9.17) is 5.11 Å². The standard InChI is InChI=1S/C10H12N2O3/c1-7(10(14)15)6-12-9(13)8-4-2-3-5-11-8/h2-5,7H,6H2,1H3,(H,12,13)(H,14,15). The third-order valence-corrected chi connectivity index (χ3v) is 1.89. The second-order valence-electron chi connectivity index (χ2n) is 3.16. The lowest BCUT2D eigenvalue weighted by Gasteiger charge is -2.07. The van der Waals surface area contributed by atoms with Crippen LogP contribution in [0.3, 0.4) is 0 Å². The molecule has 0 aliphatic carbocycles. The van der Waals surface area contributed by atoms with E-state index < -0.39 is 11.9 Å². The van der Waals surface area contributed by atoms with Gasteiger partial charge in [0, 0.05) is 12.7 Å². The van der Waals surface area contributed by atoms with Crippen molar-refractivity contribution in [3.05, 3.63) is 30.1 Å². The summed E-state index contributed by atoms with van der Waals surface area (Å²) in [6.45, 7) is 1.63. The van der Waals surface area contributed by atoms with E-state index in [1.807, 2.05) is 0 Å². The maximum absolute atomic E-state index is 11.4. The number of pyridine rings is 1. The Balaban J connectivity index is 2.47. The summed E-state index contributed by atoms with van der Waals surface area (Å²) in [7, 11) is 0. The van der Waals surface area contributed by atoms with Crippen LogP contribution in [0, 0.1) is 5.92 Å². The molecule has 0 spiro atoms. The van der Waals surface area contributed by atoms with Crippen molar-refractivity contribution in [2.24, 2.45) is 5.92 Å². The molecule has 0 fully saturated rings. The Morgan fingerprint density at radius 1 is 1.53 bits per heavy atom. The molecule has 1 aromatic heterocycles. The molecule has 5 heteroatoms. The highest BCUT2D eigenvalue weighted by atomic mass is 16.4. The Bertz CT molecular complexity index is 351. The zero-order chi connectivity index (χ0) is 11.3. The normalized spacial score (nSPS) is 11.8. The number of rotatable bonds is 4. The molecule has 15 heavy (non-hydrogen) atoms. The molecule has 5 nitrogen and oxygen atoms in total. The van der Waals surface area contributed by atoms with Crippen LogP contribution in [0.5, 0.6) is 0 Å². The van der Waals surface area contributed by atoms with E-state index in [0.29, 0.717) is 0 Å². The fraction of sp³-hybridized carbons (Fsp3) is 0.300. The van der Waals surface area contributed by atoms with E-state index in [9.17, 15) is 9.59 Å². The lowest BCUT2D eigenvalue weighted by Crippen LogP contribution is -2.31. The molecule has 0 aliphatic heterocycles. The van der Waals surface area contributed by atoms with Gasteiger partial charge in [0.2, 0.25) is 0 Å². The van der Waals surface area contributed by atoms with Crippen LogP contribution in [0.1, 0.15) is 17.4 Å². The van der Waals surface area contributed by atoms with Crippen LogP contribution in [0.25, 0.3) is 0 Å². The van der Waals surface area contributed by atoms with Crippen molar-refractivity contribution in [3.63, 3.8) is 0 Å². The van der Waals surface area contributed by atoms with Crippen molar-refractivity contribution in [2.45, 2.75) is 6.92 Å². The number of carboxylic acid groups (broad SMARTS) is 1. The molecule has 0 aliphatic rings. The zero-order valence-corrected chi connectivity index (χ0v) is 8.30. The summed E-state index contributed by atoms with van der Waals surface area (Å²) in [5.41, 5.74) is 0.287. The topological polar surface area (TPSA) is 79.3 Å². The minimum atomic E-state index is -0.934. The number of carbonyl (C=O) groups excluding carboxylic acids is 1. The molecule has 1 aromatic rings. The van der Waals surface area contributed by atoms with Crippen LogP contribution in [0.15, 0.2) is 24.4 Å². The summed E-state index contributed by atoms with van der Waals surface area (Å²) in [5, 5.41) is 11.1. The van der Waals surface area contributed by atoms with Crippen LogP contribution in [-0.4, -0.2) is 28.5 Å². The number of aromatic nitrogens is 1. The van der Waals surface area contributed by atoms with Gasteiger partial charge >= 0.3 is 5.97 Å². The lowest BCUT2D eigenvalue weighted by molar-refractivity contribution is -0.140. The fourth-order valence-electron chi connectivity index (χ4n) is 0.921. The van der Waals surface area contributed by atoms with Crippen LogP contribution in [-0.2, 0) is 4.79 Å². The Morgan fingerprint density at radius 2 is 2.27 bits per heavy atom. The molecule has 80 valence electrons. The van der Waals surface area contributed by atoms with Gasteiger partial charge in [-0.3, -0.25) is 14.6 Å². The average molecular weight is 208 g/mol. The fourth-order valence-corrected chi connectivity index (χ4v) is 0.921. The van der Waals surface area contributed by atoms with Gasteiger partial charge in [-0.15, -0.1) is 0 Å². The number of nitrogens with one attached hydrogen (secondary N) is 1.